The van der Waals surface area contributed by atoms with Crippen molar-refractivity contribution >= 4 is 23.3 Å². The number of rotatable bonds is 2. The Morgan fingerprint density at radius 3 is 3.05 bits per heavy atom. The molecule has 1 fully saturated rings. The average Bonchev–Trinajstić information content (AvgIpc) is 3.06. The van der Waals surface area contributed by atoms with Gasteiger partial charge in [0, 0.05) is 12.2 Å². The van der Waals surface area contributed by atoms with Crippen molar-refractivity contribution in [3.8, 4) is 0 Å². The Bertz CT molecular complexity index is 562. The summed E-state index contributed by atoms with van der Waals surface area (Å²) in [4.78, 5) is 11.4. The van der Waals surface area contributed by atoms with Crippen LogP contribution in [-0.2, 0) is 0 Å². The summed E-state index contributed by atoms with van der Waals surface area (Å²) in [5, 5.41) is 15.7. The molecule has 112 valence electrons. The fourth-order valence-electron chi connectivity index (χ4n) is 3.68. The Kier molecular flexibility index (Phi) is 3.20. The van der Waals surface area contributed by atoms with E-state index in [0.29, 0.717) is 6.04 Å². The number of hydrogen-bond acceptors (Lipinski definition) is 6. The van der Waals surface area contributed by atoms with Crippen molar-refractivity contribution in [2.45, 2.75) is 42.8 Å². The number of piperidine rings is 1. The van der Waals surface area contributed by atoms with E-state index in [4.69, 9.17) is 4.99 Å². The standard InChI is InChI=1S/C15H20N4OS/c1-10(20)14-18-15-12(5-9-21-15)17-8-4-13(15)19(14)11-2-6-16-7-3-11/h4-5,8-11,13,16,20H,2-3,6-7H2,1H3/t10-,13?,15?/m1/s1. The van der Waals surface area contributed by atoms with Crippen LogP contribution < -0.4 is 5.32 Å². The molecule has 4 aliphatic heterocycles. The molecule has 0 aromatic carbocycles. The predicted molar refractivity (Wildman–Crippen MR) is 86.7 cm³/mol. The third-order valence-corrected chi connectivity index (χ3v) is 5.82. The number of aliphatic hydroxyl groups is 1. The van der Waals surface area contributed by atoms with E-state index in [1.165, 1.54) is 0 Å². The quantitative estimate of drug-likeness (QED) is 0.803. The Balaban J connectivity index is 1.75. The zero-order valence-electron chi connectivity index (χ0n) is 12.1. The van der Waals surface area contributed by atoms with Crippen molar-refractivity contribution in [3.05, 3.63) is 23.8 Å². The molecule has 4 aliphatic rings. The van der Waals surface area contributed by atoms with Crippen LogP contribution in [0.2, 0.25) is 0 Å². The number of nitrogens with zero attached hydrogens (tertiary/aromatic N) is 3. The summed E-state index contributed by atoms with van der Waals surface area (Å²) in [6, 6.07) is 0.604. The molecule has 0 aromatic heterocycles. The monoisotopic (exact) mass is 304 g/mol. The molecule has 1 spiro atoms. The summed E-state index contributed by atoms with van der Waals surface area (Å²) >= 11 is 1.71. The third kappa shape index (κ3) is 1.93. The molecule has 0 aliphatic carbocycles. The van der Waals surface area contributed by atoms with Crippen molar-refractivity contribution in [1.82, 2.24) is 10.2 Å². The predicted octanol–water partition coefficient (Wildman–Crippen LogP) is 1.13. The van der Waals surface area contributed by atoms with Gasteiger partial charge in [-0.05, 0) is 50.4 Å². The van der Waals surface area contributed by atoms with Crippen LogP contribution in [0.4, 0.5) is 0 Å². The molecule has 4 rings (SSSR count). The lowest BCUT2D eigenvalue weighted by Gasteiger charge is -2.41. The highest BCUT2D eigenvalue weighted by Gasteiger charge is 2.55. The largest absolute Gasteiger partial charge is 0.385 e. The third-order valence-electron chi connectivity index (χ3n) is 4.64. The van der Waals surface area contributed by atoms with Crippen molar-refractivity contribution in [2.75, 3.05) is 13.1 Å². The van der Waals surface area contributed by atoms with E-state index >= 15 is 0 Å². The van der Waals surface area contributed by atoms with Gasteiger partial charge in [0.15, 0.2) is 4.87 Å². The zero-order chi connectivity index (χ0) is 14.4. The van der Waals surface area contributed by atoms with Crippen molar-refractivity contribution in [3.63, 3.8) is 0 Å². The SMILES string of the molecule is C[C@@H](O)C1=NC23SC=CC2=NC=CC3N1C1CCNCC1. The van der Waals surface area contributed by atoms with Gasteiger partial charge in [0.25, 0.3) is 0 Å². The van der Waals surface area contributed by atoms with Crippen molar-refractivity contribution < 1.29 is 5.11 Å². The highest BCUT2D eigenvalue weighted by molar-refractivity contribution is 8.04. The number of thioether (sulfide) groups is 1. The summed E-state index contributed by atoms with van der Waals surface area (Å²) in [5.41, 5.74) is 1.01. The lowest BCUT2D eigenvalue weighted by Crippen LogP contribution is -2.55. The highest BCUT2D eigenvalue weighted by atomic mass is 32.2. The van der Waals surface area contributed by atoms with E-state index < -0.39 is 6.10 Å². The Hall–Kier alpha value is -1.11. The maximum absolute atomic E-state index is 10.2. The summed E-state index contributed by atoms with van der Waals surface area (Å²) in [6.07, 6.45) is 7.73. The number of aliphatic hydroxyl groups excluding tert-OH is 1. The number of hydrogen-bond donors (Lipinski definition) is 2. The summed E-state index contributed by atoms with van der Waals surface area (Å²) in [5.74, 6) is 0.822. The van der Waals surface area contributed by atoms with Crippen LogP contribution in [0.5, 0.6) is 0 Å². The Morgan fingerprint density at radius 1 is 1.48 bits per heavy atom. The first-order chi connectivity index (χ1) is 10.2. The molecule has 0 radical (unpaired) electrons. The van der Waals surface area contributed by atoms with Gasteiger partial charge in [-0.15, -0.1) is 0 Å². The molecule has 2 unspecified atom stereocenters. The molecule has 0 aromatic rings. The van der Waals surface area contributed by atoms with Gasteiger partial charge in [0.1, 0.15) is 11.9 Å². The minimum absolute atomic E-state index is 0.165. The molecule has 0 bridgehead atoms. The molecule has 5 nitrogen and oxygen atoms in total. The van der Waals surface area contributed by atoms with Crippen molar-refractivity contribution in [1.29, 1.82) is 0 Å². The summed E-state index contributed by atoms with van der Waals surface area (Å²) in [7, 11) is 0. The van der Waals surface area contributed by atoms with E-state index in [9.17, 15) is 5.11 Å². The van der Waals surface area contributed by atoms with Crippen LogP contribution in [0.15, 0.2) is 33.7 Å². The number of nitrogens with one attached hydrogen (secondary N) is 1. The van der Waals surface area contributed by atoms with Gasteiger partial charge in [-0.3, -0.25) is 4.99 Å². The van der Waals surface area contributed by atoms with E-state index in [2.05, 4.69) is 32.8 Å². The molecular weight excluding hydrogens is 284 g/mol. The van der Waals surface area contributed by atoms with Crippen LogP contribution in [0.3, 0.4) is 0 Å². The van der Waals surface area contributed by atoms with E-state index in [1.54, 1.807) is 11.8 Å². The first kappa shape index (κ1) is 13.5. The van der Waals surface area contributed by atoms with Gasteiger partial charge in [-0.1, -0.05) is 11.8 Å². The molecule has 6 heteroatoms. The minimum Gasteiger partial charge on any atom is -0.385 e. The second-order valence-corrected chi connectivity index (χ2v) is 7.08. The van der Waals surface area contributed by atoms with Gasteiger partial charge in [0.05, 0.1) is 11.8 Å². The van der Waals surface area contributed by atoms with Crippen LogP contribution in [0.1, 0.15) is 19.8 Å². The molecular formula is C15H20N4OS. The van der Waals surface area contributed by atoms with E-state index in [0.717, 1.165) is 37.5 Å². The molecule has 1 saturated heterocycles. The summed E-state index contributed by atoms with van der Waals surface area (Å²) < 4.78 is 0. The van der Waals surface area contributed by atoms with E-state index in [1.807, 2.05) is 13.1 Å². The van der Waals surface area contributed by atoms with E-state index in [-0.39, 0.29) is 10.9 Å². The Morgan fingerprint density at radius 2 is 2.29 bits per heavy atom. The van der Waals surface area contributed by atoms with Gasteiger partial charge >= 0.3 is 0 Å². The maximum atomic E-state index is 10.2. The summed E-state index contributed by atoms with van der Waals surface area (Å²) in [6.45, 7) is 3.88. The van der Waals surface area contributed by atoms with Crippen LogP contribution in [0.25, 0.3) is 0 Å². The average molecular weight is 304 g/mol. The topological polar surface area (TPSA) is 60.2 Å². The second-order valence-electron chi connectivity index (χ2n) is 5.95. The second kappa shape index (κ2) is 4.97. The molecule has 0 amide bonds. The molecule has 0 saturated carbocycles. The van der Waals surface area contributed by atoms with Gasteiger partial charge in [-0.25, -0.2) is 4.99 Å². The smallest absolute Gasteiger partial charge is 0.177 e. The van der Waals surface area contributed by atoms with Gasteiger partial charge in [0.2, 0.25) is 0 Å². The fourth-order valence-corrected chi connectivity index (χ4v) is 4.81. The lowest BCUT2D eigenvalue weighted by molar-refractivity contribution is 0.190. The molecule has 3 atom stereocenters. The highest BCUT2D eigenvalue weighted by Crippen LogP contribution is 2.48. The molecule has 2 N–H and O–H groups in total. The molecule has 21 heavy (non-hydrogen) atoms. The van der Waals surface area contributed by atoms with Crippen molar-refractivity contribution in [2.24, 2.45) is 9.98 Å². The number of aliphatic imine (C=N–C) groups is 2. The normalized spacial score (nSPS) is 36.3. The maximum Gasteiger partial charge on any atom is 0.177 e. The molecule has 4 heterocycles. The van der Waals surface area contributed by atoms with Crippen LogP contribution in [-0.4, -0.2) is 57.7 Å². The fraction of sp³-hybridized carbons (Fsp3) is 0.600. The first-order valence-electron chi connectivity index (χ1n) is 7.58. The Labute approximate surface area is 128 Å². The van der Waals surface area contributed by atoms with Crippen LogP contribution in [0, 0.1) is 0 Å². The number of amidine groups is 1. The minimum atomic E-state index is -0.546. The first-order valence-corrected chi connectivity index (χ1v) is 8.46. The van der Waals surface area contributed by atoms with Gasteiger partial charge < -0.3 is 15.3 Å². The van der Waals surface area contributed by atoms with Crippen LogP contribution >= 0.6 is 11.8 Å². The van der Waals surface area contributed by atoms with Gasteiger partial charge in [-0.2, -0.15) is 0 Å². The zero-order valence-corrected chi connectivity index (χ0v) is 12.9. The lowest BCUT2D eigenvalue weighted by atomic mass is 9.96.